The first-order valence-electron chi connectivity index (χ1n) is 9.81. The molecule has 0 aliphatic heterocycles. The highest BCUT2D eigenvalue weighted by atomic mass is 32.2. The Morgan fingerprint density at radius 2 is 1.73 bits per heavy atom. The van der Waals surface area contributed by atoms with Gasteiger partial charge in [0, 0.05) is 11.3 Å². The second-order valence-corrected chi connectivity index (χ2v) is 7.65. The van der Waals surface area contributed by atoms with E-state index >= 15 is 0 Å². The number of aromatic nitrogens is 3. The molecule has 0 saturated heterocycles. The van der Waals surface area contributed by atoms with Crippen LogP contribution in [0.25, 0.3) is 11.4 Å². The van der Waals surface area contributed by atoms with Crippen LogP contribution in [0.5, 0.6) is 11.5 Å². The molecule has 0 fully saturated rings. The van der Waals surface area contributed by atoms with Gasteiger partial charge in [0.25, 0.3) is 0 Å². The van der Waals surface area contributed by atoms with Crippen molar-refractivity contribution < 1.29 is 14.3 Å². The highest BCUT2D eigenvalue weighted by Gasteiger charge is 2.12. The van der Waals surface area contributed by atoms with Gasteiger partial charge in [0.05, 0.1) is 19.0 Å². The molecule has 2 N–H and O–H groups in total. The molecule has 3 aromatic rings. The molecular weight excluding hydrogens is 400 g/mol. The molecule has 158 valence electrons. The molecule has 0 atom stereocenters. The largest absolute Gasteiger partial charge is 0.490 e. The third-order valence-electron chi connectivity index (χ3n) is 4.12. The van der Waals surface area contributed by atoms with Gasteiger partial charge in [0.2, 0.25) is 11.1 Å². The Kier molecular flexibility index (Phi) is 7.35. The molecule has 1 aromatic heterocycles. The number of H-pyrrole nitrogens is 1. The molecule has 0 radical (unpaired) electrons. The van der Waals surface area contributed by atoms with Crippen molar-refractivity contribution in [3.63, 3.8) is 0 Å². The van der Waals surface area contributed by atoms with Crippen molar-refractivity contribution in [2.75, 3.05) is 24.3 Å². The van der Waals surface area contributed by atoms with Crippen LogP contribution in [-0.4, -0.2) is 40.1 Å². The summed E-state index contributed by atoms with van der Waals surface area (Å²) < 4.78 is 11.3. The van der Waals surface area contributed by atoms with E-state index < -0.39 is 0 Å². The minimum absolute atomic E-state index is 0.101. The molecule has 1 amide bonds. The lowest BCUT2D eigenvalue weighted by Gasteiger charge is -2.11. The summed E-state index contributed by atoms with van der Waals surface area (Å²) in [5.41, 5.74) is 3.85. The Morgan fingerprint density at radius 1 is 1.03 bits per heavy atom. The van der Waals surface area contributed by atoms with Gasteiger partial charge in [0.1, 0.15) is 0 Å². The van der Waals surface area contributed by atoms with Crippen molar-refractivity contribution in [1.29, 1.82) is 0 Å². The second kappa shape index (κ2) is 10.2. The molecule has 0 spiro atoms. The average molecular weight is 427 g/mol. The third-order valence-corrected chi connectivity index (χ3v) is 4.97. The number of rotatable bonds is 9. The number of benzene rings is 2. The number of thioether (sulfide) groups is 1. The van der Waals surface area contributed by atoms with Crippen molar-refractivity contribution >= 4 is 23.4 Å². The SMILES string of the molecule is CCOc1ccc(-c2nc(SCC(=O)Nc3cc(C)cc(C)c3)n[nH]2)cc1OCC. The number of nitrogens with zero attached hydrogens (tertiary/aromatic N) is 2. The number of hydrogen-bond acceptors (Lipinski definition) is 6. The van der Waals surface area contributed by atoms with Crippen molar-refractivity contribution in [1.82, 2.24) is 15.2 Å². The minimum Gasteiger partial charge on any atom is -0.490 e. The van der Waals surface area contributed by atoms with Gasteiger partial charge in [-0.15, -0.1) is 5.10 Å². The number of hydrogen-bond donors (Lipinski definition) is 2. The topological polar surface area (TPSA) is 89.1 Å². The van der Waals surface area contributed by atoms with Gasteiger partial charge in [-0.2, -0.15) is 0 Å². The number of aryl methyl sites for hydroxylation is 2. The first-order valence-corrected chi connectivity index (χ1v) is 10.8. The zero-order valence-corrected chi connectivity index (χ0v) is 18.4. The minimum atomic E-state index is -0.101. The lowest BCUT2D eigenvalue weighted by atomic mass is 10.1. The number of ether oxygens (including phenoxy) is 2. The predicted molar refractivity (Wildman–Crippen MR) is 119 cm³/mol. The molecular formula is C22H26N4O3S. The molecule has 3 rings (SSSR count). The van der Waals surface area contributed by atoms with Gasteiger partial charge in [0.15, 0.2) is 17.3 Å². The summed E-state index contributed by atoms with van der Waals surface area (Å²) in [6.45, 7) is 8.97. The number of anilines is 1. The predicted octanol–water partition coefficient (Wildman–Crippen LogP) is 4.62. The van der Waals surface area contributed by atoms with E-state index in [0.29, 0.717) is 35.7 Å². The van der Waals surface area contributed by atoms with Gasteiger partial charge < -0.3 is 14.8 Å². The number of carbonyl (C=O) groups is 1. The lowest BCUT2D eigenvalue weighted by molar-refractivity contribution is -0.113. The van der Waals surface area contributed by atoms with Crippen LogP contribution >= 0.6 is 11.8 Å². The van der Waals surface area contributed by atoms with E-state index in [1.807, 2.05) is 58.0 Å². The average Bonchev–Trinajstić information content (AvgIpc) is 3.16. The van der Waals surface area contributed by atoms with Crippen LogP contribution < -0.4 is 14.8 Å². The Morgan fingerprint density at radius 3 is 2.43 bits per heavy atom. The zero-order valence-electron chi connectivity index (χ0n) is 17.6. The molecule has 2 aromatic carbocycles. The zero-order chi connectivity index (χ0) is 21.5. The van der Waals surface area contributed by atoms with Crippen LogP contribution in [0.4, 0.5) is 5.69 Å². The van der Waals surface area contributed by atoms with Crippen molar-refractivity contribution in [2.45, 2.75) is 32.9 Å². The number of carbonyl (C=O) groups excluding carboxylic acids is 1. The van der Waals surface area contributed by atoms with Crippen molar-refractivity contribution in [3.05, 3.63) is 47.5 Å². The normalized spacial score (nSPS) is 10.7. The lowest BCUT2D eigenvalue weighted by Crippen LogP contribution is -2.14. The van der Waals surface area contributed by atoms with Crippen LogP contribution in [0.3, 0.4) is 0 Å². The molecule has 30 heavy (non-hydrogen) atoms. The monoisotopic (exact) mass is 426 g/mol. The van der Waals surface area contributed by atoms with E-state index in [4.69, 9.17) is 9.47 Å². The highest BCUT2D eigenvalue weighted by molar-refractivity contribution is 7.99. The number of amides is 1. The number of nitrogens with one attached hydrogen (secondary N) is 2. The smallest absolute Gasteiger partial charge is 0.234 e. The first-order chi connectivity index (χ1) is 14.5. The van der Waals surface area contributed by atoms with E-state index in [2.05, 4.69) is 26.6 Å². The number of aromatic amines is 1. The first kappa shape index (κ1) is 21.7. The maximum Gasteiger partial charge on any atom is 0.234 e. The van der Waals surface area contributed by atoms with Crippen molar-refractivity contribution in [3.8, 4) is 22.9 Å². The summed E-state index contributed by atoms with van der Waals surface area (Å²) in [5.74, 6) is 2.08. The molecule has 0 aliphatic rings. The summed E-state index contributed by atoms with van der Waals surface area (Å²) in [4.78, 5) is 16.8. The van der Waals surface area contributed by atoms with Crippen LogP contribution in [-0.2, 0) is 4.79 Å². The fourth-order valence-corrected chi connectivity index (χ4v) is 3.61. The fourth-order valence-electron chi connectivity index (χ4n) is 3.01. The van der Waals surface area contributed by atoms with E-state index in [-0.39, 0.29) is 11.7 Å². The molecule has 0 saturated carbocycles. The summed E-state index contributed by atoms with van der Waals surface area (Å²) in [6, 6.07) is 11.6. The Labute approximate surface area is 180 Å². The standard InChI is InChI=1S/C22H26N4O3S/c1-5-28-18-8-7-16(12-19(18)29-6-2)21-24-22(26-25-21)30-13-20(27)23-17-10-14(3)9-15(4)11-17/h7-12H,5-6,13H2,1-4H3,(H,23,27)(H,24,25,26). The van der Waals surface area contributed by atoms with Gasteiger partial charge in [-0.3, -0.25) is 9.89 Å². The van der Waals surface area contributed by atoms with Crippen molar-refractivity contribution in [2.24, 2.45) is 0 Å². The maximum atomic E-state index is 12.3. The Hall–Kier alpha value is -3.00. The molecule has 7 nitrogen and oxygen atoms in total. The fraction of sp³-hybridized carbons (Fsp3) is 0.318. The summed E-state index contributed by atoms with van der Waals surface area (Å²) in [7, 11) is 0. The summed E-state index contributed by atoms with van der Waals surface area (Å²) in [6.07, 6.45) is 0. The van der Waals surface area contributed by atoms with Crippen LogP contribution in [0.15, 0.2) is 41.6 Å². The van der Waals surface area contributed by atoms with Crippen LogP contribution in [0, 0.1) is 13.8 Å². The molecule has 0 unspecified atom stereocenters. The Balaban J connectivity index is 1.63. The summed E-state index contributed by atoms with van der Waals surface area (Å²) in [5, 5.41) is 10.6. The van der Waals surface area contributed by atoms with Gasteiger partial charge >= 0.3 is 0 Å². The highest BCUT2D eigenvalue weighted by Crippen LogP contribution is 2.32. The van der Waals surface area contributed by atoms with E-state index in [0.717, 1.165) is 22.4 Å². The van der Waals surface area contributed by atoms with E-state index in [1.165, 1.54) is 11.8 Å². The van der Waals surface area contributed by atoms with E-state index in [9.17, 15) is 4.79 Å². The van der Waals surface area contributed by atoms with Gasteiger partial charge in [-0.05, 0) is 69.2 Å². The molecule has 8 heteroatoms. The third kappa shape index (κ3) is 5.76. The van der Waals surface area contributed by atoms with Crippen LogP contribution in [0.2, 0.25) is 0 Å². The molecule has 1 heterocycles. The Bertz CT molecular complexity index is 999. The van der Waals surface area contributed by atoms with E-state index in [1.54, 1.807) is 0 Å². The maximum absolute atomic E-state index is 12.3. The van der Waals surface area contributed by atoms with Gasteiger partial charge in [-0.1, -0.05) is 17.8 Å². The summed E-state index contributed by atoms with van der Waals surface area (Å²) >= 11 is 1.28. The van der Waals surface area contributed by atoms with Crippen LogP contribution in [0.1, 0.15) is 25.0 Å². The molecule has 0 aliphatic carbocycles. The quantitative estimate of drug-likeness (QED) is 0.486. The second-order valence-electron chi connectivity index (χ2n) is 6.71. The molecule has 0 bridgehead atoms. The van der Waals surface area contributed by atoms with Gasteiger partial charge in [-0.25, -0.2) is 4.98 Å².